The summed E-state index contributed by atoms with van der Waals surface area (Å²) >= 11 is 14.4. The number of carbonyl (C=O) groups excluding carboxylic acids is 3. The second kappa shape index (κ2) is 18.8. The molecule has 0 spiro atoms. The predicted molar refractivity (Wildman–Crippen MR) is 207 cm³/mol. The number of aromatic carboxylic acids is 1. The Labute approximate surface area is 320 Å². The zero-order valence-electron chi connectivity index (χ0n) is 29.2. The average molecular weight is 782 g/mol. The van der Waals surface area contributed by atoms with E-state index in [4.69, 9.17) is 42.5 Å². The Kier molecular flexibility index (Phi) is 14.6. The molecule has 0 aliphatic carbocycles. The van der Waals surface area contributed by atoms with Crippen LogP contribution < -0.4 is 4.74 Å². The number of carboxylic acid groups (broad SMARTS) is 1. The molecule has 0 aliphatic rings. The summed E-state index contributed by atoms with van der Waals surface area (Å²) in [5.74, 6) is -0.995. The van der Waals surface area contributed by atoms with Crippen LogP contribution in [0.15, 0.2) is 84.9 Å². The standard InChI is InChI=1S/C24H23ClO4S.C16H15ClO4S/c1-15(2)29-23(27)14-18-13-22(30-24(18)17-7-9-19(25)10-8-17)21(26)12-16-5-4-6-20(11-16)28-3;1-9(2)21-14(18)8-11-7-13(16(19)20)22-15(11)10-3-5-12(17)6-4-10/h4-11,13,15H,12,14H2,1-3H3;3-7,9H,8H2,1-2H3,(H,19,20). The van der Waals surface area contributed by atoms with E-state index >= 15 is 0 Å². The molecule has 2 heterocycles. The van der Waals surface area contributed by atoms with E-state index in [9.17, 15) is 19.2 Å². The Balaban J connectivity index is 0.000000244. The van der Waals surface area contributed by atoms with E-state index in [1.807, 2.05) is 50.2 Å². The monoisotopic (exact) mass is 780 g/mol. The lowest BCUT2D eigenvalue weighted by Crippen LogP contribution is -2.13. The van der Waals surface area contributed by atoms with E-state index in [2.05, 4.69) is 0 Å². The second-order valence-corrected chi connectivity index (χ2v) is 15.1. The molecular formula is C40H38Cl2O8S2. The van der Waals surface area contributed by atoms with Crippen LogP contribution in [0, 0.1) is 0 Å². The third-order valence-electron chi connectivity index (χ3n) is 7.22. The van der Waals surface area contributed by atoms with Crippen molar-refractivity contribution in [1.82, 2.24) is 0 Å². The van der Waals surface area contributed by atoms with Gasteiger partial charge in [-0.25, -0.2) is 4.79 Å². The highest BCUT2D eigenvalue weighted by molar-refractivity contribution is 7.18. The Morgan fingerprint density at radius 2 is 1.12 bits per heavy atom. The van der Waals surface area contributed by atoms with Gasteiger partial charge in [0.2, 0.25) is 0 Å². The van der Waals surface area contributed by atoms with Gasteiger partial charge >= 0.3 is 17.9 Å². The SMILES string of the molecule is CC(C)OC(=O)Cc1cc(C(=O)O)sc1-c1ccc(Cl)cc1.COc1cccc(CC(=O)c2cc(CC(=O)OC(C)C)c(-c3ccc(Cl)cc3)s2)c1. The summed E-state index contributed by atoms with van der Waals surface area (Å²) in [5.41, 5.74) is 4.05. The van der Waals surface area contributed by atoms with Crippen molar-refractivity contribution in [2.45, 2.75) is 59.2 Å². The van der Waals surface area contributed by atoms with Crippen LogP contribution in [0.4, 0.5) is 0 Å². The van der Waals surface area contributed by atoms with Crippen molar-refractivity contribution in [2.75, 3.05) is 7.11 Å². The number of rotatable bonds is 13. The van der Waals surface area contributed by atoms with Gasteiger partial charge in [-0.05, 0) is 104 Å². The van der Waals surface area contributed by atoms with Gasteiger partial charge in [-0.2, -0.15) is 0 Å². The summed E-state index contributed by atoms with van der Waals surface area (Å²) in [7, 11) is 1.60. The molecule has 5 aromatic rings. The molecule has 8 nitrogen and oxygen atoms in total. The summed E-state index contributed by atoms with van der Waals surface area (Å²) in [6.07, 6.45) is 0.0143. The molecule has 0 saturated heterocycles. The van der Waals surface area contributed by atoms with Crippen LogP contribution in [-0.2, 0) is 38.3 Å². The fourth-order valence-electron chi connectivity index (χ4n) is 5.03. The number of benzene rings is 3. The molecule has 12 heteroatoms. The lowest BCUT2D eigenvalue weighted by atomic mass is 10.0. The maximum Gasteiger partial charge on any atom is 0.345 e. The van der Waals surface area contributed by atoms with Gasteiger partial charge in [0.25, 0.3) is 0 Å². The molecule has 272 valence electrons. The maximum absolute atomic E-state index is 13.0. The number of carbonyl (C=O) groups is 4. The first-order valence-electron chi connectivity index (χ1n) is 16.3. The van der Waals surface area contributed by atoms with Crippen LogP contribution in [0.2, 0.25) is 10.0 Å². The summed E-state index contributed by atoms with van der Waals surface area (Å²) in [4.78, 5) is 50.7. The molecule has 0 fully saturated rings. The molecule has 52 heavy (non-hydrogen) atoms. The number of esters is 2. The van der Waals surface area contributed by atoms with Gasteiger partial charge in [0, 0.05) is 26.2 Å². The van der Waals surface area contributed by atoms with Crippen LogP contribution in [0.25, 0.3) is 20.9 Å². The van der Waals surface area contributed by atoms with Crippen LogP contribution >= 0.6 is 45.9 Å². The van der Waals surface area contributed by atoms with E-state index in [1.54, 1.807) is 63.4 Å². The Hall–Kier alpha value is -4.48. The normalized spacial score (nSPS) is 10.8. The summed E-state index contributed by atoms with van der Waals surface area (Å²) in [5, 5.41) is 10.4. The Morgan fingerprint density at radius 1 is 0.654 bits per heavy atom. The number of thiophene rings is 2. The van der Waals surface area contributed by atoms with Crippen molar-refractivity contribution in [3.8, 4) is 26.6 Å². The number of hydrogen-bond donors (Lipinski definition) is 1. The number of ketones is 1. The van der Waals surface area contributed by atoms with Gasteiger partial charge in [0.05, 0.1) is 37.0 Å². The molecular weight excluding hydrogens is 743 g/mol. The summed E-state index contributed by atoms with van der Waals surface area (Å²) < 4.78 is 15.7. The number of halogens is 2. The van der Waals surface area contributed by atoms with E-state index in [-0.39, 0.29) is 54.1 Å². The van der Waals surface area contributed by atoms with Crippen molar-refractivity contribution in [3.05, 3.63) is 121 Å². The van der Waals surface area contributed by atoms with Gasteiger partial charge in [0.15, 0.2) is 5.78 Å². The van der Waals surface area contributed by atoms with Crippen LogP contribution in [-0.4, -0.2) is 48.1 Å². The fourth-order valence-corrected chi connectivity index (χ4v) is 7.43. The quantitative estimate of drug-likeness (QED) is 0.0927. The number of methoxy groups -OCH3 is 1. The van der Waals surface area contributed by atoms with Crippen molar-refractivity contribution >= 4 is 69.6 Å². The number of Topliss-reactive ketones (excluding diaryl/α,β-unsaturated/α-hetero) is 1. The first-order chi connectivity index (χ1) is 24.7. The molecule has 0 aliphatic heterocycles. The van der Waals surface area contributed by atoms with Crippen molar-refractivity contribution in [2.24, 2.45) is 0 Å². The lowest BCUT2D eigenvalue weighted by molar-refractivity contribution is -0.147. The van der Waals surface area contributed by atoms with Gasteiger partial charge in [-0.1, -0.05) is 59.6 Å². The van der Waals surface area contributed by atoms with Crippen molar-refractivity contribution < 1.29 is 38.5 Å². The molecule has 1 N–H and O–H groups in total. The smallest absolute Gasteiger partial charge is 0.345 e. The number of ether oxygens (including phenoxy) is 3. The average Bonchev–Trinajstić information content (AvgIpc) is 3.70. The highest BCUT2D eigenvalue weighted by atomic mass is 35.5. The van der Waals surface area contributed by atoms with Crippen LogP contribution in [0.1, 0.15) is 63.7 Å². The Bertz CT molecular complexity index is 2010. The largest absolute Gasteiger partial charge is 0.497 e. The minimum Gasteiger partial charge on any atom is -0.497 e. The minimum absolute atomic E-state index is 0.00746. The third-order valence-corrected chi connectivity index (χ3v) is 10.2. The van der Waals surface area contributed by atoms with E-state index in [0.717, 1.165) is 43.3 Å². The van der Waals surface area contributed by atoms with Gasteiger partial charge in [-0.15, -0.1) is 22.7 Å². The maximum atomic E-state index is 13.0. The fraction of sp³-hybridized carbons (Fsp3) is 0.250. The van der Waals surface area contributed by atoms with Crippen LogP contribution in [0.5, 0.6) is 5.75 Å². The van der Waals surface area contributed by atoms with Gasteiger partial charge in [0.1, 0.15) is 10.6 Å². The molecule has 0 amide bonds. The van der Waals surface area contributed by atoms with Crippen LogP contribution in [0.3, 0.4) is 0 Å². The molecule has 2 aromatic heterocycles. The summed E-state index contributed by atoms with van der Waals surface area (Å²) in [6, 6.07) is 25.2. The molecule has 0 atom stereocenters. The molecule has 5 rings (SSSR count). The second-order valence-electron chi connectivity index (χ2n) is 12.1. The molecule has 0 radical (unpaired) electrons. The van der Waals surface area contributed by atoms with Crippen molar-refractivity contribution in [1.29, 1.82) is 0 Å². The lowest BCUT2D eigenvalue weighted by Gasteiger charge is -2.08. The van der Waals surface area contributed by atoms with E-state index in [1.165, 1.54) is 17.4 Å². The zero-order valence-corrected chi connectivity index (χ0v) is 32.4. The first kappa shape index (κ1) is 40.3. The summed E-state index contributed by atoms with van der Waals surface area (Å²) in [6.45, 7) is 7.17. The molecule has 0 unspecified atom stereocenters. The third kappa shape index (κ3) is 11.8. The molecule has 0 bridgehead atoms. The molecule has 0 saturated carbocycles. The minimum atomic E-state index is -1.01. The highest BCUT2D eigenvalue weighted by Gasteiger charge is 2.21. The highest BCUT2D eigenvalue weighted by Crippen LogP contribution is 2.36. The number of carboxylic acids is 1. The number of hydrogen-bond acceptors (Lipinski definition) is 9. The van der Waals surface area contributed by atoms with Crippen molar-refractivity contribution in [3.63, 3.8) is 0 Å². The Morgan fingerprint density at radius 3 is 1.56 bits per heavy atom. The predicted octanol–water partition coefficient (Wildman–Crippen LogP) is 10.3. The van der Waals surface area contributed by atoms with E-state index < -0.39 is 5.97 Å². The topological polar surface area (TPSA) is 116 Å². The zero-order chi connectivity index (χ0) is 37.9. The van der Waals surface area contributed by atoms with E-state index in [0.29, 0.717) is 26.2 Å². The van der Waals surface area contributed by atoms with Gasteiger partial charge < -0.3 is 19.3 Å². The first-order valence-corrected chi connectivity index (χ1v) is 18.7. The molecule has 3 aromatic carbocycles. The van der Waals surface area contributed by atoms with Gasteiger partial charge in [-0.3, -0.25) is 14.4 Å².